The molecule has 17 heavy (non-hydrogen) atoms. The van der Waals surface area contributed by atoms with Gasteiger partial charge in [-0.2, -0.15) is 0 Å². The molecule has 4 unspecified atom stereocenters. The van der Waals surface area contributed by atoms with Crippen molar-refractivity contribution in [1.29, 1.82) is 0 Å². The first-order valence-corrected chi connectivity index (χ1v) is 6.27. The van der Waals surface area contributed by atoms with E-state index in [1.807, 2.05) is 27.7 Å². The lowest BCUT2D eigenvalue weighted by molar-refractivity contribution is -0.161. The van der Waals surface area contributed by atoms with Gasteiger partial charge in [-0.15, -0.1) is 0 Å². The fourth-order valence-electron chi connectivity index (χ4n) is 2.37. The molecule has 0 aromatic rings. The second-order valence-corrected chi connectivity index (χ2v) is 5.39. The topological polar surface area (TPSA) is 36.9 Å². The monoisotopic (exact) mass is 240 g/mol. The molecule has 0 aromatic heterocycles. The van der Waals surface area contributed by atoms with Crippen molar-refractivity contribution in [1.82, 2.24) is 0 Å². The Kier molecular flexibility index (Phi) is 3.83. The lowest BCUT2D eigenvalue weighted by Gasteiger charge is -2.31. The molecule has 2 saturated heterocycles. The average Bonchev–Trinajstić information content (AvgIpc) is 2.67. The maximum atomic E-state index is 5.89. The quantitative estimate of drug-likeness (QED) is 0.668. The fourth-order valence-corrected chi connectivity index (χ4v) is 2.37. The van der Waals surface area contributed by atoms with Gasteiger partial charge in [0.25, 0.3) is 0 Å². The second-order valence-electron chi connectivity index (χ2n) is 5.39. The summed E-state index contributed by atoms with van der Waals surface area (Å²) in [6.07, 6.45) is -0.0236. The van der Waals surface area contributed by atoms with Gasteiger partial charge in [0, 0.05) is 6.00 Å². The van der Waals surface area contributed by atoms with E-state index in [1.165, 1.54) is 0 Å². The van der Waals surface area contributed by atoms with E-state index in [1.54, 1.807) is 0 Å². The molecule has 0 spiro atoms. The average molecular weight is 240 g/mol. The maximum absolute atomic E-state index is 5.89. The van der Waals surface area contributed by atoms with Crippen LogP contribution in [0.5, 0.6) is 0 Å². The SMILES string of the molecule is [B]C1OC2(COC(C)C)COC1C2OC(C)C. The molecule has 0 N–H and O–H groups in total. The van der Waals surface area contributed by atoms with Crippen LogP contribution in [0.25, 0.3) is 0 Å². The van der Waals surface area contributed by atoms with Gasteiger partial charge in [-0.25, -0.2) is 0 Å². The first kappa shape index (κ1) is 13.3. The van der Waals surface area contributed by atoms with Crippen LogP contribution in [0.15, 0.2) is 0 Å². The molecule has 2 rings (SSSR count). The summed E-state index contributed by atoms with van der Waals surface area (Å²) in [6, 6.07) is -0.414. The van der Waals surface area contributed by atoms with Crippen LogP contribution in [0, 0.1) is 0 Å². The zero-order chi connectivity index (χ0) is 12.6. The molecule has 2 fully saturated rings. The summed E-state index contributed by atoms with van der Waals surface area (Å²) in [5.74, 6) is 0. The largest absolute Gasteiger partial charge is 0.376 e. The van der Waals surface area contributed by atoms with Crippen LogP contribution in [0.3, 0.4) is 0 Å². The molecule has 5 heteroatoms. The van der Waals surface area contributed by atoms with Crippen LogP contribution in [-0.2, 0) is 18.9 Å². The number of hydrogen-bond donors (Lipinski definition) is 0. The van der Waals surface area contributed by atoms with Gasteiger partial charge in [0.05, 0.1) is 25.4 Å². The van der Waals surface area contributed by atoms with Gasteiger partial charge < -0.3 is 18.9 Å². The Balaban J connectivity index is 2.07. The number of rotatable bonds is 5. The Morgan fingerprint density at radius 3 is 2.53 bits per heavy atom. The van der Waals surface area contributed by atoms with Crippen molar-refractivity contribution in [3.8, 4) is 0 Å². The Morgan fingerprint density at radius 2 is 2.00 bits per heavy atom. The summed E-state index contributed by atoms with van der Waals surface area (Å²) in [5.41, 5.74) is -0.529. The molecule has 96 valence electrons. The summed E-state index contributed by atoms with van der Waals surface area (Å²) < 4.78 is 23.0. The minimum atomic E-state index is -0.529. The van der Waals surface area contributed by atoms with E-state index in [9.17, 15) is 0 Å². The van der Waals surface area contributed by atoms with Crippen molar-refractivity contribution in [2.24, 2.45) is 0 Å². The molecule has 0 aromatic carbocycles. The van der Waals surface area contributed by atoms with Crippen LogP contribution >= 0.6 is 0 Å². The summed E-state index contributed by atoms with van der Waals surface area (Å²) in [7, 11) is 5.89. The predicted octanol–water partition coefficient (Wildman–Crippen LogP) is 0.867. The zero-order valence-electron chi connectivity index (χ0n) is 11.0. The van der Waals surface area contributed by atoms with Crippen LogP contribution in [-0.4, -0.2) is 57.1 Å². The number of fused-ring (bicyclic) bond motifs is 2. The Bertz CT molecular complexity index is 271. The van der Waals surface area contributed by atoms with Crippen LogP contribution < -0.4 is 0 Å². The molecule has 2 aliphatic heterocycles. The van der Waals surface area contributed by atoms with Crippen molar-refractivity contribution < 1.29 is 18.9 Å². The van der Waals surface area contributed by atoms with Crippen molar-refractivity contribution in [2.45, 2.75) is 63.7 Å². The zero-order valence-corrected chi connectivity index (χ0v) is 11.0. The minimum Gasteiger partial charge on any atom is -0.376 e. The summed E-state index contributed by atoms with van der Waals surface area (Å²) >= 11 is 0. The standard InChI is InChI=1S/C12H21BO4/c1-7(2)14-5-12-6-15-9(11(13)17-12)10(12)16-8(3)4/h7-11H,5-6H2,1-4H3. The number of ether oxygens (including phenoxy) is 4. The Labute approximate surface area is 104 Å². The van der Waals surface area contributed by atoms with E-state index in [2.05, 4.69) is 0 Å². The van der Waals surface area contributed by atoms with Crippen molar-refractivity contribution in [3.63, 3.8) is 0 Å². The fraction of sp³-hybridized carbons (Fsp3) is 1.00. The third kappa shape index (κ3) is 2.52. The minimum absolute atomic E-state index is 0.122. The van der Waals surface area contributed by atoms with Gasteiger partial charge in [0.2, 0.25) is 0 Å². The molecule has 0 aliphatic carbocycles. The van der Waals surface area contributed by atoms with Gasteiger partial charge in [-0.1, -0.05) is 0 Å². The van der Waals surface area contributed by atoms with E-state index in [4.69, 9.17) is 26.8 Å². The van der Waals surface area contributed by atoms with Crippen LogP contribution in [0.1, 0.15) is 27.7 Å². The van der Waals surface area contributed by atoms with E-state index >= 15 is 0 Å². The van der Waals surface area contributed by atoms with E-state index < -0.39 is 11.6 Å². The lowest BCUT2D eigenvalue weighted by atomic mass is 9.91. The van der Waals surface area contributed by atoms with E-state index in [0.29, 0.717) is 13.2 Å². The molecular weight excluding hydrogens is 219 g/mol. The van der Waals surface area contributed by atoms with E-state index in [-0.39, 0.29) is 24.4 Å². The molecule has 2 aliphatic rings. The third-order valence-electron chi connectivity index (χ3n) is 3.11. The normalized spacial score (nSPS) is 40.7. The predicted molar refractivity (Wildman–Crippen MR) is 64.2 cm³/mol. The molecule has 2 radical (unpaired) electrons. The molecule has 4 nitrogen and oxygen atoms in total. The van der Waals surface area contributed by atoms with Crippen molar-refractivity contribution >= 4 is 7.85 Å². The summed E-state index contributed by atoms with van der Waals surface area (Å²) in [5, 5.41) is 0. The highest BCUT2D eigenvalue weighted by molar-refractivity contribution is 6.11. The molecule has 2 heterocycles. The smallest absolute Gasteiger partial charge is 0.143 e. The highest BCUT2D eigenvalue weighted by Gasteiger charge is 2.61. The first-order chi connectivity index (χ1) is 7.94. The van der Waals surface area contributed by atoms with E-state index in [0.717, 1.165) is 0 Å². The maximum Gasteiger partial charge on any atom is 0.143 e. The summed E-state index contributed by atoms with van der Waals surface area (Å²) in [4.78, 5) is 0. The third-order valence-corrected chi connectivity index (χ3v) is 3.11. The van der Waals surface area contributed by atoms with Gasteiger partial charge in [-0.05, 0) is 27.7 Å². The van der Waals surface area contributed by atoms with Crippen molar-refractivity contribution in [2.75, 3.05) is 13.2 Å². The second kappa shape index (κ2) is 4.88. The highest BCUT2D eigenvalue weighted by Crippen LogP contribution is 2.41. The van der Waals surface area contributed by atoms with Gasteiger partial charge in [-0.3, -0.25) is 0 Å². The molecule has 4 atom stereocenters. The highest BCUT2D eigenvalue weighted by atomic mass is 16.7. The Morgan fingerprint density at radius 1 is 1.29 bits per heavy atom. The van der Waals surface area contributed by atoms with Gasteiger partial charge in [0.15, 0.2) is 0 Å². The summed E-state index contributed by atoms with van der Waals surface area (Å²) in [6.45, 7) is 8.95. The van der Waals surface area contributed by atoms with Gasteiger partial charge >= 0.3 is 0 Å². The molecule has 0 amide bonds. The van der Waals surface area contributed by atoms with Crippen LogP contribution in [0.4, 0.5) is 0 Å². The molecule has 0 saturated carbocycles. The number of hydrogen-bond acceptors (Lipinski definition) is 4. The molecule has 2 bridgehead atoms. The van der Waals surface area contributed by atoms with Crippen molar-refractivity contribution in [3.05, 3.63) is 0 Å². The van der Waals surface area contributed by atoms with Crippen LogP contribution in [0.2, 0.25) is 0 Å². The lowest BCUT2D eigenvalue weighted by Crippen LogP contribution is -2.47. The molecular formula is C12H21BO4. The first-order valence-electron chi connectivity index (χ1n) is 6.27. The van der Waals surface area contributed by atoms with Gasteiger partial charge in [0.1, 0.15) is 25.7 Å². The Hall–Kier alpha value is -0.0951.